The van der Waals surface area contributed by atoms with Crippen molar-refractivity contribution in [2.45, 2.75) is 84.2 Å². The second kappa shape index (κ2) is 12.6. The van der Waals surface area contributed by atoms with Crippen LogP contribution in [0.4, 0.5) is 0 Å². The normalized spacial score (nSPS) is 13.6. The molecule has 0 rings (SSSR count). The van der Waals surface area contributed by atoms with E-state index >= 15 is 0 Å². The highest BCUT2D eigenvalue weighted by Gasteiger charge is 2.16. The van der Waals surface area contributed by atoms with Crippen LogP contribution >= 0.6 is 0 Å². The van der Waals surface area contributed by atoms with E-state index in [9.17, 15) is 8.42 Å². The standard InChI is InChI=1S/C15H32O4S/c1-3-5-6-7-8-9-10-11-12-15(19-13-4-2)14-20(16,17)18/h15H,3-14H2,1-2H3,(H,16,17,18). The summed E-state index contributed by atoms with van der Waals surface area (Å²) in [5.41, 5.74) is 0. The average Bonchev–Trinajstić information content (AvgIpc) is 2.37. The average molecular weight is 308 g/mol. The zero-order valence-electron chi connectivity index (χ0n) is 13.1. The van der Waals surface area contributed by atoms with Gasteiger partial charge in [0.1, 0.15) is 5.75 Å². The third kappa shape index (κ3) is 14.3. The number of hydrogen-bond acceptors (Lipinski definition) is 3. The summed E-state index contributed by atoms with van der Waals surface area (Å²) in [6.45, 7) is 4.75. The van der Waals surface area contributed by atoms with Crippen LogP contribution in [0.15, 0.2) is 0 Å². The molecule has 0 aliphatic carbocycles. The van der Waals surface area contributed by atoms with Crippen molar-refractivity contribution in [2.75, 3.05) is 12.4 Å². The Bertz CT molecular complexity index is 301. The van der Waals surface area contributed by atoms with E-state index in [1.807, 2.05) is 6.92 Å². The molecule has 0 radical (unpaired) electrons. The van der Waals surface area contributed by atoms with Crippen molar-refractivity contribution in [1.29, 1.82) is 0 Å². The minimum Gasteiger partial charge on any atom is -0.377 e. The number of ether oxygens (including phenoxy) is 1. The first kappa shape index (κ1) is 19.9. The zero-order valence-corrected chi connectivity index (χ0v) is 14.0. The third-order valence-electron chi connectivity index (χ3n) is 3.33. The minimum absolute atomic E-state index is 0.274. The van der Waals surface area contributed by atoms with Crippen molar-refractivity contribution in [3.8, 4) is 0 Å². The van der Waals surface area contributed by atoms with Crippen molar-refractivity contribution in [3.05, 3.63) is 0 Å². The number of rotatable bonds is 14. The van der Waals surface area contributed by atoms with Crippen LogP contribution in [-0.2, 0) is 14.9 Å². The van der Waals surface area contributed by atoms with Crippen molar-refractivity contribution in [1.82, 2.24) is 0 Å². The summed E-state index contributed by atoms with van der Waals surface area (Å²) in [5, 5.41) is 0. The highest BCUT2D eigenvalue weighted by Crippen LogP contribution is 2.13. The molecule has 0 aliphatic rings. The van der Waals surface area contributed by atoms with E-state index in [0.29, 0.717) is 6.61 Å². The van der Waals surface area contributed by atoms with E-state index in [1.165, 1.54) is 38.5 Å². The van der Waals surface area contributed by atoms with Crippen molar-refractivity contribution >= 4 is 10.1 Å². The van der Waals surface area contributed by atoms with Gasteiger partial charge < -0.3 is 4.74 Å². The molecule has 1 atom stereocenters. The van der Waals surface area contributed by atoms with Crippen molar-refractivity contribution in [3.63, 3.8) is 0 Å². The van der Waals surface area contributed by atoms with Gasteiger partial charge in [-0.2, -0.15) is 8.42 Å². The van der Waals surface area contributed by atoms with Gasteiger partial charge in [-0.15, -0.1) is 0 Å². The van der Waals surface area contributed by atoms with E-state index in [0.717, 1.165) is 25.7 Å². The Kier molecular flexibility index (Phi) is 12.5. The molecule has 0 aromatic carbocycles. The van der Waals surface area contributed by atoms with Crippen LogP contribution in [0.5, 0.6) is 0 Å². The van der Waals surface area contributed by atoms with Gasteiger partial charge in [0.15, 0.2) is 0 Å². The van der Waals surface area contributed by atoms with Crippen LogP contribution in [0.3, 0.4) is 0 Å². The van der Waals surface area contributed by atoms with Crippen LogP contribution < -0.4 is 0 Å². The van der Waals surface area contributed by atoms with E-state index in [-0.39, 0.29) is 11.9 Å². The molecule has 122 valence electrons. The summed E-state index contributed by atoms with van der Waals surface area (Å²) in [4.78, 5) is 0. The Hall–Kier alpha value is -0.130. The number of unbranched alkanes of at least 4 members (excludes halogenated alkanes) is 7. The molecule has 0 saturated heterocycles. The van der Waals surface area contributed by atoms with Gasteiger partial charge >= 0.3 is 0 Å². The van der Waals surface area contributed by atoms with Gasteiger partial charge in [0.25, 0.3) is 10.1 Å². The summed E-state index contributed by atoms with van der Waals surface area (Å²) in [5.74, 6) is -0.274. The lowest BCUT2D eigenvalue weighted by atomic mass is 10.1. The second-order valence-electron chi connectivity index (χ2n) is 5.50. The molecular weight excluding hydrogens is 276 g/mol. The molecule has 1 unspecified atom stereocenters. The van der Waals surface area contributed by atoms with Gasteiger partial charge in [0.05, 0.1) is 6.10 Å². The van der Waals surface area contributed by atoms with Gasteiger partial charge in [-0.1, -0.05) is 65.2 Å². The Morgan fingerprint density at radius 2 is 1.45 bits per heavy atom. The molecule has 4 nitrogen and oxygen atoms in total. The zero-order chi connectivity index (χ0) is 15.3. The molecule has 1 N–H and O–H groups in total. The smallest absolute Gasteiger partial charge is 0.267 e. The molecular formula is C15H32O4S. The maximum atomic E-state index is 10.9. The first-order valence-corrected chi connectivity index (χ1v) is 9.67. The van der Waals surface area contributed by atoms with Crippen LogP contribution in [-0.4, -0.2) is 31.4 Å². The second-order valence-corrected chi connectivity index (χ2v) is 7.00. The quantitative estimate of drug-likeness (QED) is 0.386. The monoisotopic (exact) mass is 308 g/mol. The molecule has 20 heavy (non-hydrogen) atoms. The maximum absolute atomic E-state index is 10.9. The van der Waals surface area contributed by atoms with Gasteiger partial charge in [-0.3, -0.25) is 4.55 Å². The molecule has 0 bridgehead atoms. The topological polar surface area (TPSA) is 63.6 Å². The van der Waals surface area contributed by atoms with Crippen molar-refractivity contribution in [2.24, 2.45) is 0 Å². The van der Waals surface area contributed by atoms with Gasteiger partial charge in [-0.05, 0) is 12.8 Å². The van der Waals surface area contributed by atoms with Crippen LogP contribution in [0.1, 0.15) is 78.1 Å². The minimum atomic E-state index is -3.94. The predicted octanol–water partition coefficient (Wildman–Crippen LogP) is 4.20. The molecule has 0 amide bonds. The van der Waals surface area contributed by atoms with Crippen molar-refractivity contribution < 1.29 is 17.7 Å². The lowest BCUT2D eigenvalue weighted by Gasteiger charge is -2.16. The fourth-order valence-corrected chi connectivity index (χ4v) is 2.97. The van der Waals surface area contributed by atoms with E-state index in [2.05, 4.69) is 6.92 Å². The summed E-state index contributed by atoms with van der Waals surface area (Å²) < 4.78 is 36.2. The first-order chi connectivity index (χ1) is 9.49. The Labute approximate surface area is 125 Å². The molecule has 0 aromatic heterocycles. The summed E-state index contributed by atoms with van der Waals surface area (Å²) in [6.07, 6.45) is 11.0. The Balaban J connectivity index is 3.68. The molecule has 0 aromatic rings. The SMILES string of the molecule is CCCCCCCCCCC(CS(=O)(=O)O)OCCC. The fourth-order valence-electron chi connectivity index (χ4n) is 2.24. The predicted molar refractivity (Wildman–Crippen MR) is 83.7 cm³/mol. The first-order valence-electron chi connectivity index (χ1n) is 8.06. The molecule has 5 heteroatoms. The molecule has 0 saturated carbocycles. The van der Waals surface area contributed by atoms with E-state index < -0.39 is 10.1 Å². The van der Waals surface area contributed by atoms with Gasteiger partial charge in [0, 0.05) is 6.61 Å². The fraction of sp³-hybridized carbons (Fsp3) is 1.00. The highest BCUT2D eigenvalue weighted by atomic mass is 32.2. The van der Waals surface area contributed by atoms with Gasteiger partial charge in [0.2, 0.25) is 0 Å². The van der Waals surface area contributed by atoms with Gasteiger partial charge in [-0.25, -0.2) is 0 Å². The summed E-state index contributed by atoms with van der Waals surface area (Å²) >= 11 is 0. The van der Waals surface area contributed by atoms with Crippen LogP contribution in [0.25, 0.3) is 0 Å². The Morgan fingerprint density at radius 1 is 0.900 bits per heavy atom. The van der Waals surface area contributed by atoms with Crippen LogP contribution in [0, 0.1) is 0 Å². The molecule has 0 heterocycles. The summed E-state index contributed by atoms with van der Waals surface area (Å²) in [6, 6.07) is 0. The van der Waals surface area contributed by atoms with E-state index in [4.69, 9.17) is 9.29 Å². The molecule has 0 spiro atoms. The van der Waals surface area contributed by atoms with Crippen LogP contribution in [0.2, 0.25) is 0 Å². The third-order valence-corrected chi connectivity index (χ3v) is 4.13. The highest BCUT2D eigenvalue weighted by molar-refractivity contribution is 7.85. The Morgan fingerprint density at radius 3 is 1.95 bits per heavy atom. The number of hydrogen-bond donors (Lipinski definition) is 1. The molecule has 0 fully saturated rings. The van der Waals surface area contributed by atoms with E-state index in [1.54, 1.807) is 0 Å². The molecule has 0 aliphatic heterocycles. The maximum Gasteiger partial charge on any atom is 0.267 e. The lowest BCUT2D eigenvalue weighted by Crippen LogP contribution is -2.24. The lowest BCUT2D eigenvalue weighted by molar-refractivity contribution is 0.0600. The summed E-state index contributed by atoms with van der Waals surface area (Å²) in [7, 11) is -3.94. The largest absolute Gasteiger partial charge is 0.377 e.